The molecule has 0 unspecified atom stereocenters. The number of anilines is 1. The van der Waals surface area contributed by atoms with E-state index in [1.165, 1.54) is 5.56 Å². The van der Waals surface area contributed by atoms with E-state index in [0.29, 0.717) is 6.54 Å². The van der Waals surface area contributed by atoms with Gasteiger partial charge in [0.15, 0.2) is 0 Å². The largest absolute Gasteiger partial charge is 0.330 e. The number of hydrogen-bond donors (Lipinski definition) is 1. The molecule has 0 fully saturated rings. The molecule has 1 aliphatic rings. The van der Waals surface area contributed by atoms with Gasteiger partial charge in [0, 0.05) is 19.3 Å². The lowest BCUT2D eigenvalue weighted by atomic mass is 9.92. The quantitative estimate of drug-likeness (QED) is 0.711. The maximum Gasteiger partial charge on any atom is 0.231 e. The number of carbonyl (C=O) groups is 1. The summed E-state index contributed by atoms with van der Waals surface area (Å²) in [7, 11) is 1.81. The number of hydrogen-bond acceptors (Lipinski definition) is 2. The molecule has 0 saturated heterocycles. The number of rotatable bonds is 1. The number of fused-ring (bicyclic) bond motifs is 1. The summed E-state index contributed by atoms with van der Waals surface area (Å²) in [5, 5.41) is 0. The Bertz CT molecular complexity index is 362. The molecule has 1 aliphatic heterocycles. The van der Waals surface area contributed by atoms with E-state index in [-0.39, 0.29) is 11.8 Å². The molecular weight excluding hydrogens is 176 g/mol. The summed E-state index contributed by atoms with van der Waals surface area (Å²) in [6.45, 7) is 0.428. The van der Waals surface area contributed by atoms with Crippen LogP contribution in [0.5, 0.6) is 0 Å². The predicted molar refractivity (Wildman–Crippen MR) is 56.1 cm³/mol. The zero-order chi connectivity index (χ0) is 10.1. The molecule has 0 spiro atoms. The second-order valence-electron chi connectivity index (χ2n) is 3.66. The fourth-order valence-electron chi connectivity index (χ4n) is 1.94. The first kappa shape index (κ1) is 9.21. The molecule has 0 aromatic heterocycles. The van der Waals surface area contributed by atoms with Gasteiger partial charge in [-0.3, -0.25) is 4.79 Å². The van der Waals surface area contributed by atoms with Gasteiger partial charge in [0.25, 0.3) is 0 Å². The van der Waals surface area contributed by atoms with Crippen molar-refractivity contribution in [3.63, 3.8) is 0 Å². The highest BCUT2D eigenvalue weighted by atomic mass is 16.2. The lowest BCUT2D eigenvalue weighted by molar-refractivity contribution is -0.122. The average molecular weight is 190 g/mol. The van der Waals surface area contributed by atoms with Gasteiger partial charge in [-0.2, -0.15) is 0 Å². The van der Waals surface area contributed by atoms with Crippen molar-refractivity contribution in [3.05, 3.63) is 29.8 Å². The molecule has 1 heterocycles. The molecule has 3 nitrogen and oxygen atoms in total. The molecule has 0 radical (unpaired) electrons. The van der Waals surface area contributed by atoms with Gasteiger partial charge >= 0.3 is 0 Å². The highest BCUT2D eigenvalue weighted by Gasteiger charge is 2.28. The van der Waals surface area contributed by atoms with Crippen molar-refractivity contribution in [2.24, 2.45) is 11.7 Å². The topological polar surface area (TPSA) is 46.3 Å². The summed E-state index contributed by atoms with van der Waals surface area (Å²) in [6.07, 6.45) is 0.774. The smallest absolute Gasteiger partial charge is 0.231 e. The highest BCUT2D eigenvalue weighted by Crippen LogP contribution is 2.28. The van der Waals surface area contributed by atoms with Gasteiger partial charge in [0.05, 0.1) is 5.92 Å². The van der Waals surface area contributed by atoms with Gasteiger partial charge in [-0.1, -0.05) is 18.2 Å². The summed E-state index contributed by atoms with van der Waals surface area (Å²) in [4.78, 5) is 13.5. The van der Waals surface area contributed by atoms with E-state index in [9.17, 15) is 4.79 Å². The van der Waals surface area contributed by atoms with Crippen LogP contribution < -0.4 is 10.6 Å². The number of amides is 1. The van der Waals surface area contributed by atoms with E-state index < -0.39 is 0 Å². The number of nitrogens with zero attached hydrogens (tertiary/aromatic N) is 1. The van der Waals surface area contributed by atoms with Crippen LogP contribution in [-0.4, -0.2) is 19.5 Å². The highest BCUT2D eigenvalue weighted by molar-refractivity contribution is 5.97. The Hall–Kier alpha value is -1.35. The Labute approximate surface area is 83.5 Å². The van der Waals surface area contributed by atoms with E-state index in [0.717, 1.165) is 12.1 Å². The van der Waals surface area contributed by atoms with Crippen molar-refractivity contribution in [2.45, 2.75) is 6.42 Å². The molecular formula is C11H14N2O. The number of carbonyl (C=O) groups excluding carboxylic acids is 1. The Balaban J connectivity index is 2.42. The standard InChI is InChI=1S/C11H14N2O/c1-13-10-5-3-2-4-8(10)6-9(7-12)11(13)14/h2-5,9H,6-7,12H2,1H3/t9-/m1/s1. The first-order valence-corrected chi connectivity index (χ1v) is 4.79. The maximum atomic E-state index is 11.8. The minimum atomic E-state index is -0.0464. The van der Waals surface area contributed by atoms with Crippen molar-refractivity contribution >= 4 is 11.6 Å². The normalized spacial score (nSPS) is 20.9. The first-order valence-electron chi connectivity index (χ1n) is 4.79. The Morgan fingerprint density at radius 3 is 2.93 bits per heavy atom. The van der Waals surface area contributed by atoms with Gasteiger partial charge in [-0.25, -0.2) is 0 Å². The molecule has 1 aromatic rings. The van der Waals surface area contributed by atoms with Gasteiger partial charge in [-0.05, 0) is 18.1 Å². The van der Waals surface area contributed by atoms with Crippen molar-refractivity contribution in [3.8, 4) is 0 Å². The predicted octanol–water partition coefficient (Wildman–Crippen LogP) is 0.780. The Morgan fingerprint density at radius 2 is 2.21 bits per heavy atom. The van der Waals surface area contributed by atoms with Gasteiger partial charge in [0.2, 0.25) is 5.91 Å². The third-order valence-electron chi connectivity index (χ3n) is 2.78. The molecule has 1 amide bonds. The molecule has 0 aliphatic carbocycles. The summed E-state index contributed by atoms with van der Waals surface area (Å²) in [5.74, 6) is 0.0844. The molecule has 14 heavy (non-hydrogen) atoms. The zero-order valence-electron chi connectivity index (χ0n) is 8.23. The third-order valence-corrected chi connectivity index (χ3v) is 2.78. The molecule has 3 heteroatoms. The van der Waals surface area contributed by atoms with Crippen LogP contribution in [0.2, 0.25) is 0 Å². The molecule has 2 rings (SSSR count). The second kappa shape index (κ2) is 3.42. The SMILES string of the molecule is CN1C(=O)[C@@H](CN)Cc2ccccc21. The molecule has 74 valence electrons. The number of para-hydroxylation sites is 1. The van der Waals surface area contributed by atoms with Crippen LogP contribution in [-0.2, 0) is 11.2 Å². The summed E-state index contributed by atoms with van der Waals surface area (Å²) >= 11 is 0. The summed E-state index contributed by atoms with van der Waals surface area (Å²) < 4.78 is 0. The van der Waals surface area contributed by atoms with Crippen LogP contribution >= 0.6 is 0 Å². The Kier molecular flexibility index (Phi) is 2.25. The number of benzene rings is 1. The molecule has 0 saturated carbocycles. The first-order chi connectivity index (χ1) is 6.74. The van der Waals surface area contributed by atoms with Crippen LogP contribution in [0.15, 0.2) is 24.3 Å². The summed E-state index contributed by atoms with van der Waals surface area (Å²) in [6, 6.07) is 7.97. The summed E-state index contributed by atoms with van der Waals surface area (Å²) in [5.41, 5.74) is 7.79. The van der Waals surface area contributed by atoms with Gasteiger partial charge in [0.1, 0.15) is 0 Å². The fourth-order valence-corrected chi connectivity index (χ4v) is 1.94. The lowest BCUT2D eigenvalue weighted by Crippen LogP contribution is -2.41. The van der Waals surface area contributed by atoms with Crippen LogP contribution in [0.25, 0.3) is 0 Å². The molecule has 1 atom stereocenters. The van der Waals surface area contributed by atoms with E-state index in [1.807, 2.05) is 25.2 Å². The maximum absolute atomic E-state index is 11.8. The fraction of sp³-hybridized carbons (Fsp3) is 0.364. The van der Waals surface area contributed by atoms with E-state index in [4.69, 9.17) is 5.73 Å². The van der Waals surface area contributed by atoms with Gasteiger partial charge < -0.3 is 10.6 Å². The van der Waals surface area contributed by atoms with E-state index in [2.05, 4.69) is 6.07 Å². The van der Waals surface area contributed by atoms with Crippen LogP contribution in [0.3, 0.4) is 0 Å². The average Bonchev–Trinajstić information content (AvgIpc) is 2.23. The van der Waals surface area contributed by atoms with Crippen molar-refractivity contribution in [2.75, 3.05) is 18.5 Å². The minimum absolute atomic E-state index is 0.0464. The van der Waals surface area contributed by atoms with E-state index in [1.54, 1.807) is 4.90 Å². The molecule has 0 bridgehead atoms. The Morgan fingerprint density at radius 1 is 1.50 bits per heavy atom. The molecule has 1 aromatic carbocycles. The van der Waals surface area contributed by atoms with Crippen LogP contribution in [0, 0.1) is 5.92 Å². The number of nitrogens with two attached hydrogens (primary N) is 1. The third kappa shape index (κ3) is 1.30. The van der Waals surface area contributed by atoms with Crippen LogP contribution in [0.4, 0.5) is 5.69 Å². The van der Waals surface area contributed by atoms with E-state index >= 15 is 0 Å². The van der Waals surface area contributed by atoms with Crippen LogP contribution in [0.1, 0.15) is 5.56 Å². The molecule has 2 N–H and O–H groups in total. The monoisotopic (exact) mass is 190 g/mol. The van der Waals surface area contributed by atoms with Crippen molar-refractivity contribution in [1.82, 2.24) is 0 Å². The van der Waals surface area contributed by atoms with Gasteiger partial charge in [-0.15, -0.1) is 0 Å². The van der Waals surface area contributed by atoms with Crippen molar-refractivity contribution < 1.29 is 4.79 Å². The van der Waals surface area contributed by atoms with Crippen molar-refractivity contribution in [1.29, 1.82) is 0 Å². The second-order valence-corrected chi connectivity index (χ2v) is 3.66. The lowest BCUT2D eigenvalue weighted by Gasteiger charge is -2.30. The zero-order valence-corrected chi connectivity index (χ0v) is 8.23. The minimum Gasteiger partial charge on any atom is -0.330 e.